The van der Waals surface area contributed by atoms with Crippen LogP contribution in [-0.2, 0) is 0 Å². The molecule has 1 rings (SSSR count). The molecule has 14 heavy (non-hydrogen) atoms. The molecule has 0 bridgehead atoms. The SMILES string of the molecule is C=C(C)[Si](C)(C)CCN1CCCCC1. The molecule has 0 N–H and O–H groups in total. The van der Waals surface area contributed by atoms with Gasteiger partial charge in [0.05, 0.1) is 8.07 Å². The van der Waals surface area contributed by atoms with Crippen LogP contribution in [0, 0.1) is 0 Å². The smallest absolute Gasteiger partial charge is 0.0755 e. The highest BCUT2D eigenvalue weighted by Crippen LogP contribution is 2.19. The Morgan fingerprint density at radius 1 is 1.21 bits per heavy atom. The van der Waals surface area contributed by atoms with Crippen LogP contribution < -0.4 is 0 Å². The second kappa shape index (κ2) is 5.13. The van der Waals surface area contributed by atoms with Crippen LogP contribution in [0.4, 0.5) is 0 Å². The summed E-state index contributed by atoms with van der Waals surface area (Å²) in [4.78, 5) is 2.64. The van der Waals surface area contributed by atoms with Crippen molar-refractivity contribution in [2.24, 2.45) is 0 Å². The van der Waals surface area contributed by atoms with E-state index in [9.17, 15) is 0 Å². The molecule has 1 saturated heterocycles. The number of allylic oxidation sites excluding steroid dienone is 1. The first-order valence-corrected chi connectivity index (χ1v) is 9.11. The van der Waals surface area contributed by atoms with Crippen molar-refractivity contribution in [3.05, 3.63) is 11.8 Å². The number of likely N-dealkylation sites (tertiary alicyclic amines) is 1. The Hall–Kier alpha value is -0.0831. The van der Waals surface area contributed by atoms with E-state index in [4.69, 9.17) is 0 Å². The maximum atomic E-state index is 4.13. The van der Waals surface area contributed by atoms with Crippen LogP contribution in [0.5, 0.6) is 0 Å². The number of hydrogen-bond donors (Lipinski definition) is 0. The zero-order valence-corrected chi connectivity index (χ0v) is 11.1. The second-order valence-electron chi connectivity index (χ2n) is 5.32. The average Bonchev–Trinajstić information content (AvgIpc) is 2.16. The Morgan fingerprint density at radius 3 is 2.29 bits per heavy atom. The molecule has 0 aromatic carbocycles. The van der Waals surface area contributed by atoms with Crippen LogP contribution in [0.15, 0.2) is 11.8 Å². The normalized spacial score (nSPS) is 19.6. The van der Waals surface area contributed by atoms with Crippen LogP contribution in [0.25, 0.3) is 0 Å². The maximum Gasteiger partial charge on any atom is 0.0755 e. The minimum absolute atomic E-state index is 1.10. The van der Waals surface area contributed by atoms with Gasteiger partial charge in [-0.25, -0.2) is 0 Å². The van der Waals surface area contributed by atoms with Gasteiger partial charge in [0.2, 0.25) is 0 Å². The Balaban J connectivity index is 2.28. The van der Waals surface area contributed by atoms with E-state index in [0.29, 0.717) is 0 Å². The summed E-state index contributed by atoms with van der Waals surface area (Å²) in [7, 11) is -1.10. The molecule has 0 aliphatic carbocycles. The predicted molar refractivity (Wildman–Crippen MR) is 67.4 cm³/mol. The van der Waals surface area contributed by atoms with Crippen molar-refractivity contribution >= 4 is 8.07 Å². The van der Waals surface area contributed by atoms with Gasteiger partial charge in [-0.3, -0.25) is 0 Å². The van der Waals surface area contributed by atoms with Gasteiger partial charge in [-0.15, -0.1) is 6.58 Å². The predicted octanol–water partition coefficient (Wildman–Crippen LogP) is 3.30. The van der Waals surface area contributed by atoms with Crippen LogP contribution >= 0.6 is 0 Å². The van der Waals surface area contributed by atoms with E-state index in [1.807, 2.05) is 0 Å². The van der Waals surface area contributed by atoms with Gasteiger partial charge in [-0.2, -0.15) is 0 Å². The standard InChI is InChI=1S/C12H25NSi/c1-12(2)14(3,4)11-10-13-8-6-5-7-9-13/h1,5-11H2,2-4H3. The Labute approximate surface area is 90.2 Å². The van der Waals surface area contributed by atoms with Crippen molar-refractivity contribution in [2.75, 3.05) is 19.6 Å². The molecular weight excluding hydrogens is 186 g/mol. The highest BCUT2D eigenvalue weighted by molar-refractivity contribution is 6.84. The zero-order valence-electron chi connectivity index (χ0n) is 10.1. The van der Waals surface area contributed by atoms with Gasteiger partial charge in [0.1, 0.15) is 0 Å². The lowest BCUT2D eigenvalue weighted by atomic mass is 10.1. The molecular formula is C12H25NSi. The summed E-state index contributed by atoms with van der Waals surface area (Å²) in [6.07, 6.45) is 4.27. The van der Waals surface area contributed by atoms with Crippen molar-refractivity contribution in [1.29, 1.82) is 0 Å². The van der Waals surface area contributed by atoms with Gasteiger partial charge in [0.25, 0.3) is 0 Å². The third-order valence-corrected chi connectivity index (χ3v) is 7.44. The van der Waals surface area contributed by atoms with Crippen LogP contribution in [0.1, 0.15) is 26.2 Å². The number of hydrogen-bond acceptors (Lipinski definition) is 1. The molecule has 0 amide bonds. The summed E-state index contributed by atoms with van der Waals surface area (Å²) in [6, 6.07) is 1.39. The minimum Gasteiger partial charge on any atom is -0.304 e. The summed E-state index contributed by atoms with van der Waals surface area (Å²) in [5, 5.41) is 1.45. The quantitative estimate of drug-likeness (QED) is 0.645. The maximum absolute atomic E-state index is 4.13. The third kappa shape index (κ3) is 3.58. The highest BCUT2D eigenvalue weighted by Gasteiger charge is 2.22. The van der Waals surface area contributed by atoms with Crippen molar-refractivity contribution in [3.63, 3.8) is 0 Å². The number of nitrogens with zero attached hydrogens (tertiary/aromatic N) is 1. The molecule has 0 unspecified atom stereocenters. The minimum atomic E-state index is -1.10. The lowest BCUT2D eigenvalue weighted by Gasteiger charge is -2.30. The molecule has 1 fully saturated rings. The molecule has 0 atom stereocenters. The van der Waals surface area contributed by atoms with Gasteiger partial charge in [0.15, 0.2) is 0 Å². The first-order chi connectivity index (χ1) is 6.52. The van der Waals surface area contributed by atoms with E-state index in [0.717, 1.165) is 0 Å². The molecule has 0 spiro atoms. The number of piperidine rings is 1. The monoisotopic (exact) mass is 211 g/mol. The Bertz CT molecular complexity index is 192. The largest absolute Gasteiger partial charge is 0.304 e. The highest BCUT2D eigenvalue weighted by atomic mass is 28.3. The van der Waals surface area contributed by atoms with Gasteiger partial charge >= 0.3 is 0 Å². The van der Waals surface area contributed by atoms with Gasteiger partial charge in [-0.05, 0) is 45.4 Å². The molecule has 0 radical (unpaired) electrons. The van der Waals surface area contributed by atoms with Crippen LogP contribution in [-0.4, -0.2) is 32.6 Å². The molecule has 0 aromatic rings. The summed E-state index contributed by atoms with van der Waals surface area (Å²) in [5.41, 5.74) is 0. The second-order valence-corrected chi connectivity index (χ2v) is 10.4. The van der Waals surface area contributed by atoms with Gasteiger partial charge < -0.3 is 4.90 Å². The first kappa shape index (κ1) is 12.0. The summed E-state index contributed by atoms with van der Waals surface area (Å²) < 4.78 is 0. The topological polar surface area (TPSA) is 3.24 Å². The molecule has 82 valence electrons. The lowest BCUT2D eigenvalue weighted by molar-refractivity contribution is 0.239. The fourth-order valence-electron chi connectivity index (χ4n) is 1.83. The van der Waals surface area contributed by atoms with E-state index < -0.39 is 8.07 Å². The lowest BCUT2D eigenvalue weighted by Crippen LogP contribution is -2.36. The molecule has 2 heteroatoms. The summed E-state index contributed by atoms with van der Waals surface area (Å²) >= 11 is 0. The zero-order chi connectivity index (χ0) is 10.6. The van der Waals surface area contributed by atoms with E-state index >= 15 is 0 Å². The molecule has 1 heterocycles. The molecule has 1 aliphatic heterocycles. The fourth-order valence-corrected chi connectivity index (χ4v) is 3.14. The van der Waals surface area contributed by atoms with E-state index in [2.05, 4.69) is 31.5 Å². The Morgan fingerprint density at radius 2 is 1.79 bits per heavy atom. The third-order valence-electron chi connectivity index (χ3n) is 3.66. The van der Waals surface area contributed by atoms with Crippen LogP contribution in [0.2, 0.25) is 19.1 Å². The molecule has 0 saturated carbocycles. The van der Waals surface area contributed by atoms with Crippen molar-refractivity contribution in [3.8, 4) is 0 Å². The van der Waals surface area contributed by atoms with Gasteiger partial charge in [0, 0.05) is 0 Å². The summed E-state index contributed by atoms with van der Waals surface area (Å²) in [5.74, 6) is 0. The summed E-state index contributed by atoms with van der Waals surface area (Å²) in [6.45, 7) is 15.2. The van der Waals surface area contributed by atoms with E-state index in [-0.39, 0.29) is 0 Å². The van der Waals surface area contributed by atoms with Crippen LogP contribution in [0.3, 0.4) is 0 Å². The molecule has 0 aromatic heterocycles. The first-order valence-electron chi connectivity index (χ1n) is 5.91. The molecule has 1 nitrogen and oxygen atoms in total. The average molecular weight is 211 g/mol. The molecule has 1 aliphatic rings. The van der Waals surface area contributed by atoms with E-state index in [1.54, 1.807) is 0 Å². The van der Waals surface area contributed by atoms with Crippen molar-refractivity contribution in [1.82, 2.24) is 4.90 Å². The van der Waals surface area contributed by atoms with Gasteiger partial charge in [-0.1, -0.05) is 24.7 Å². The fraction of sp³-hybridized carbons (Fsp3) is 0.833. The van der Waals surface area contributed by atoms with Crippen molar-refractivity contribution in [2.45, 2.75) is 45.3 Å². The van der Waals surface area contributed by atoms with Crippen molar-refractivity contribution < 1.29 is 0 Å². The van der Waals surface area contributed by atoms with E-state index in [1.165, 1.54) is 50.1 Å². The Kier molecular flexibility index (Phi) is 4.39. The number of rotatable bonds is 4.